The quantitative estimate of drug-likeness (QED) is 0.483. The second kappa shape index (κ2) is 6.78. The van der Waals surface area contributed by atoms with Gasteiger partial charge in [-0.2, -0.15) is 0 Å². The third kappa shape index (κ3) is 2.99. The maximum atomic E-state index is 4.98. The number of hydrogen-bond acceptors (Lipinski definition) is 2. The highest BCUT2D eigenvalue weighted by Gasteiger charge is 2.15. The Balaban J connectivity index is 1.98. The first-order valence-electron chi connectivity index (χ1n) is 8.66. The number of aromatic nitrogens is 1. The predicted octanol–water partition coefficient (Wildman–Crippen LogP) is 6.21. The van der Waals surface area contributed by atoms with Crippen LogP contribution in [0.25, 0.3) is 22.2 Å². The summed E-state index contributed by atoms with van der Waals surface area (Å²) in [6.07, 6.45) is 0.914. The third-order valence-corrected chi connectivity index (χ3v) is 4.44. The number of rotatable bonds is 4. The molecule has 0 saturated heterocycles. The predicted molar refractivity (Wildman–Crippen MR) is 106 cm³/mol. The lowest BCUT2D eigenvalue weighted by Gasteiger charge is -2.18. The highest BCUT2D eigenvalue weighted by atomic mass is 14.9. The molecule has 4 aromatic rings. The molecule has 25 heavy (non-hydrogen) atoms. The topological polar surface area (TPSA) is 24.9 Å². The average molecular weight is 324 g/mol. The van der Waals surface area contributed by atoms with Gasteiger partial charge in [0.25, 0.3) is 0 Å². The van der Waals surface area contributed by atoms with Crippen molar-refractivity contribution >= 4 is 22.3 Å². The molecule has 0 amide bonds. The molecule has 0 aliphatic carbocycles. The van der Waals surface area contributed by atoms with Gasteiger partial charge in [-0.1, -0.05) is 73.7 Å². The molecule has 2 nitrogen and oxygen atoms in total. The molecule has 3 aromatic carbocycles. The van der Waals surface area contributed by atoms with Gasteiger partial charge in [0.05, 0.1) is 16.9 Å². The summed E-state index contributed by atoms with van der Waals surface area (Å²) in [4.78, 5) is 4.98. The van der Waals surface area contributed by atoms with Crippen LogP contribution in [0.4, 0.5) is 11.4 Å². The minimum Gasteiger partial charge on any atom is -0.355 e. The minimum absolute atomic E-state index is 0.914. The van der Waals surface area contributed by atoms with Crippen LogP contribution in [-0.2, 0) is 6.42 Å². The molecule has 1 N–H and O–H groups in total. The SMILES string of the molecule is CCc1c(-c2ccccc2)nc2ccccc2c1Nc1ccccc1. The maximum absolute atomic E-state index is 4.98. The van der Waals surface area contributed by atoms with Gasteiger partial charge in [-0.25, -0.2) is 4.98 Å². The molecule has 0 fully saturated rings. The number of hydrogen-bond donors (Lipinski definition) is 1. The van der Waals surface area contributed by atoms with E-state index in [1.54, 1.807) is 0 Å². The smallest absolute Gasteiger partial charge is 0.0762 e. The first-order valence-corrected chi connectivity index (χ1v) is 8.66. The van der Waals surface area contributed by atoms with Crippen molar-refractivity contribution in [2.75, 3.05) is 5.32 Å². The first-order chi connectivity index (χ1) is 12.4. The number of anilines is 2. The van der Waals surface area contributed by atoms with Crippen LogP contribution in [0.1, 0.15) is 12.5 Å². The molecule has 1 aromatic heterocycles. The van der Waals surface area contributed by atoms with Gasteiger partial charge in [-0.05, 0) is 24.6 Å². The average Bonchev–Trinajstić information content (AvgIpc) is 2.69. The van der Waals surface area contributed by atoms with E-state index in [0.717, 1.165) is 40.0 Å². The van der Waals surface area contributed by atoms with Crippen LogP contribution in [0.3, 0.4) is 0 Å². The molecule has 0 radical (unpaired) electrons. The van der Waals surface area contributed by atoms with E-state index in [1.165, 1.54) is 5.56 Å². The summed E-state index contributed by atoms with van der Waals surface area (Å²) in [6.45, 7) is 2.19. The standard InChI is InChI=1S/C23H20N2/c1-2-19-22(17-11-5-3-6-12-17)25-21-16-10-9-15-20(21)23(19)24-18-13-7-4-8-14-18/h3-16H,2H2,1H3,(H,24,25). The molecular formula is C23H20N2. The Kier molecular flexibility index (Phi) is 4.17. The molecule has 122 valence electrons. The van der Waals surface area contributed by atoms with E-state index < -0.39 is 0 Å². The fourth-order valence-electron chi connectivity index (χ4n) is 3.24. The Labute approximate surface area is 148 Å². The van der Waals surface area contributed by atoms with Crippen LogP contribution in [0.2, 0.25) is 0 Å². The summed E-state index contributed by atoms with van der Waals surface area (Å²) in [5.41, 5.74) is 6.71. The summed E-state index contributed by atoms with van der Waals surface area (Å²) in [6, 6.07) is 29.1. The third-order valence-electron chi connectivity index (χ3n) is 4.44. The monoisotopic (exact) mass is 324 g/mol. The lowest BCUT2D eigenvalue weighted by molar-refractivity contribution is 1.12. The van der Waals surface area contributed by atoms with Crippen molar-refractivity contribution in [3.8, 4) is 11.3 Å². The van der Waals surface area contributed by atoms with E-state index in [0.29, 0.717) is 0 Å². The van der Waals surface area contributed by atoms with Crippen LogP contribution >= 0.6 is 0 Å². The van der Waals surface area contributed by atoms with Crippen molar-refractivity contribution in [1.29, 1.82) is 0 Å². The van der Waals surface area contributed by atoms with E-state index in [9.17, 15) is 0 Å². The van der Waals surface area contributed by atoms with Crippen molar-refractivity contribution in [1.82, 2.24) is 4.98 Å². The van der Waals surface area contributed by atoms with Crippen LogP contribution in [-0.4, -0.2) is 4.98 Å². The highest BCUT2D eigenvalue weighted by molar-refractivity contribution is 5.98. The summed E-state index contributed by atoms with van der Waals surface area (Å²) in [7, 11) is 0. The fraction of sp³-hybridized carbons (Fsp3) is 0.0870. The molecule has 0 aliphatic heterocycles. The van der Waals surface area contributed by atoms with E-state index in [4.69, 9.17) is 4.98 Å². The summed E-state index contributed by atoms with van der Waals surface area (Å²) in [5, 5.41) is 4.79. The van der Waals surface area contributed by atoms with Gasteiger partial charge in [-0.15, -0.1) is 0 Å². The minimum atomic E-state index is 0.914. The molecular weight excluding hydrogens is 304 g/mol. The Bertz CT molecular complexity index is 992. The van der Waals surface area contributed by atoms with E-state index in [1.807, 2.05) is 18.2 Å². The summed E-state index contributed by atoms with van der Waals surface area (Å²) < 4.78 is 0. The number of nitrogens with zero attached hydrogens (tertiary/aromatic N) is 1. The Morgan fingerprint density at radius 2 is 1.40 bits per heavy atom. The normalized spacial score (nSPS) is 10.8. The van der Waals surface area contributed by atoms with Gasteiger partial charge in [0.15, 0.2) is 0 Å². The van der Waals surface area contributed by atoms with Crippen LogP contribution in [0.5, 0.6) is 0 Å². The molecule has 0 saturated carbocycles. The molecule has 0 atom stereocenters. The lowest BCUT2D eigenvalue weighted by Crippen LogP contribution is -2.02. The summed E-state index contributed by atoms with van der Waals surface area (Å²) in [5.74, 6) is 0. The zero-order valence-corrected chi connectivity index (χ0v) is 14.2. The van der Waals surface area contributed by atoms with Crippen molar-refractivity contribution in [2.24, 2.45) is 0 Å². The zero-order valence-electron chi connectivity index (χ0n) is 14.2. The summed E-state index contributed by atoms with van der Waals surface area (Å²) >= 11 is 0. The number of nitrogens with one attached hydrogen (secondary N) is 1. The van der Waals surface area contributed by atoms with Crippen molar-refractivity contribution < 1.29 is 0 Å². The van der Waals surface area contributed by atoms with Gasteiger partial charge in [0.2, 0.25) is 0 Å². The Morgan fingerprint density at radius 3 is 2.12 bits per heavy atom. The molecule has 0 bridgehead atoms. The van der Waals surface area contributed by atoms with Crippen molar-refractivity contribution in [3.63, 3.8) is 0 Å². The Morgan fingerprint density at radius 1 is 0.760 bits per heavy atom. The van der Waals surface area contributed by atoms with Gasteiger partial charge in [0.1, 0.15) is 0 Å². The van der Waals surface area contributed by atoms with Crippen molar-refractivity contribution in [2.45, 2.75) is 13.3 Å². The van der Waals surface area contributed by atoms with Gasteiger partial charge in [-0.3, -0.25) is 0 Å². The largest absolute Gasteiger partial charge is 0.355 e. The molecule has 0 unspecified atom stereocenters. The second-order valence-electron chi connectivity index (χ2n) is 6.04. The van der Waals surface area contributed by atoms with Crippen LogP contribution in [0, 0.1) is 0 Å². The molecule has 1 heterocycles. The van der Waals surface area contributed by atoms with E-state index in [-0.39, 0.29) is 0 Å². The highest BCUT2D eigenvalue weighted by Crippen LogP contribution is 2.35. The first kappa shape index (κ1) is 15.4. The van der Waals surface area contributed by atoms with Gasteiger partial charge in [0, 0.05) is 22.2 Å². The number of fused-ring (bicyclic) bond motifs is 1. The molecule has 0 spiro atoms. The molecule has 0 aliphatic rings. The van der Waals surface area contributed by atoms with E-state index >= 15 is 0 Å². The van der Waals surface area contributed by atoms with E-state index in [2.05, 4.69) is 79.0 Å². The lowest BCUT2D eigenvalue weighted by atomic mass is 9.98. The zero-order chi connectivity index (χ0) is 17.1. The van der Waals surface area contributed by atoms with Crippen LogP contribution < -0.4 is 5.32 Å². The second-order valence-corrected chi connectivity index (χ2v) is 6.04. The Hall–Kier alpha value is -3.13. The van der Waals surface area contributed by atoms with Gasteiger partial charge < -0.3 is 5.32 Å². The molecule has 2 heteroatoms. The molecule has 4 rings (SSSR count). The number of benzene rings is 3. The number of pyridine rings is 1. The van der Waals surface area contributed by atoms with Crippen LogP contribution in [0.15, 0.2) is 84.9 Å². The van der Waals surface area contributed by atoms with Gasteiger partial charge >= 0.3 is 0 Å². The number of para-hydroxylation sites is 2. The maximum Gasteiger partial charge on any atom is 0.0762 e. The van der Waals surface area contributed by atoms with Crippen molar-refractivity contribution in [3.05, 3.63) is 90.5 Å². The fourth-order valence-corrected chi connectivity index (χ4v) is 3.24.